The van der Waals surface area contributed by atoms with Crippen molar-refractivity contribution in [3.05, 3.63) is 65.7 Å². The number of allylic oxidation sites excluding steroid dienone is 1. The van der Waals surface area contributed by atoms with Gasteiger partial charge in [0.25, 0.3) is 0 Å². The molecule has 0 aliphatic carbocycles. The maximum absolute atomic E-state index is 10.7. The Morgan fingerprint density at radius 1 is 0.778 bits per heavy atom. The SMILES string of the molecule is CCCCc1ccc(N=Nc2ccc(OCCCCCCCCCCCC=C(C)C(=O)O)cc2)cc1. The van der Waals surface area contributed by atoms with E-state index >= 15 is 0 Å². The number of ether oxygens (including phenoxy) is 1. The molecule has 0 radical (unpaired) electrons. The Hall–Kier alpha value is -2.95. The average Bonchev–Trinajstić information content (AvgIpc) is 2.90. The highest BCUT2D eigenvalue weighted by Gasteiger charge is 1.99. The Morgan fingerprint density at radius 2 is 1.31 bits per heavy atom. The van der Waals surface area contributed by atoms with E-state index < -0.39 is 5.97 Å². The van der Waals surface area contributed by atoms with E-state index in [1.807, 2.05) is 42.5 Å². The molecule has 0 aromatic heterocycles. The van der Waals surface area contributed by atoms with E-state index in [0.29, 0.717) is 5.57 Å². The van der Waals surface area contributed by atoms with Gasteiger partial charge < -0.3 is 9.84 Å². The molecule has 0 heterocycles. The second-order valence-corrected chi connectivity index (χ2v) is 9.48. The Bertz CT molecular complexity index is 918. The van der Waals surface area contributed by atoms with Crippen LogP contribution >= 0.6 is 0 Å². The van der Waals surface area contributed by atoms with Crippen LogP contribution in [-0.4, -0.2) is 17.7 Å². The van der Waals surface area contributed by atoms with Crippen molar-refractivity contribution < 1.29 is 14.6 Å². The van der Waals surface area contributed by atoms with Gasteiger partial charge >= 0.3 is 5.97 Å². The normalized spacial score (nSPS) is 11.8. The molecule has 0 amide bonds. The number of aryl methyl sites for hydroxylation is 1. The van der Waals surface area contributed by atoms with Crippen LogP contribution in [0.5, 0.6) is 5.75 Å². The molecule has 1 N–H and O–H groups in total. The van der Waals surface area contributed by atoms with E-state index in [4.69, 9.17) is 9.84 Å². The first-order chi connectivity index (χ1) is 17.6. The lowest BCUT2D eigenvalue weighted by Crippen LogP contribution is -1.96. The predicted octanol–water partition coefficient (Wildman–Crippen LogP) is 9.76. The largest absolute Gasteiger partial charge is 0.494 e. The molecule has 0 bridgehead atoms. The van der Waals surface area contributed by atoms with Crippen LogP contribution in [0.4, 0.5) is 11.4 Å². The van der Waals surface area contributed by atoms with E-state index in [0.717, 1.165) is 49.4 Å². The minimum Gasteiger partial charge on any atom is -0.494 e. The highest BCUT2D eigenvalue weighted by atomic mass is 16.5. The summed E-state index contributed by atoms with van der Waals surface area (Å²) in [5.74, 6) is 0.0682. The molecule has 2 aromatic rings. The number of azo groups is 1. The van der Waals surface area contributed by atoms with Gasteiger partial charge in [0.15, 0.2) is 0 Å². The fraction of sp³-hybridized carbons (Fsp3) is 0.516. The number of carboxylic acids is 1. The van der Waals surface area contributed by atoms with Crippen molar-refractivity contribution in [1.29, 1.82) is 0 Å². The number of benzene rings is 2. The van der Waals surface area contributed by atoms with E-state index in [-0.39, 0.29) is 0 Å². The first kappa shape index (κ1) is 29.3. The van der Waals surface area contributed by atoms with Crippen molar-refractivity contribution in [1.82, 2.24) is 0 Å². The van der Waals surface area contributed by atoms with Crippen molar-refractivity contribution in [3.8, 4) is 5.75 Å². The molecule has 0 unspecified atom stereocenters. The van der Waals surface area contributed by atoms with Gasteiger partial charge in [0.05, 0.1) is 18.0 Å². The van der Waals surface area contributed by atoms with Crippen molar-refractivity contribution in [2.24, 2.45) is 10.2 Å². The fourth-order valence-electron chi connectivity index (χ4n) is 3.91. The first-order valence-electron chi connectivity index (χ1n) is 13.7. The summed E-state index contributed by atoms with van der Waals surface area (Å²) in [5, 5.41) is 17.5. The standard InChI is InChI=1S/C31H44N2O3/c1-3-4-16-27-17-19-28(20-18-27)32-33-29-21-23-30(24-22-29)36-25-14-12-10-8-6-5-7-9-11-13-15-26(2)31(34)35/h15,17-24H,3-14,16,25H2,1-2H3,(H,34,35). The molecule has 0 saturated heterocycles. The lowest BCUT2D eigenvalue weighted by molar-refractivity contribution is -0.132. The van der Waals surface area contributed by atoms with Crippen molar-refractivity contribution in [2.45, 2.75) is 97.3 Å². The molecule has 0 atom stereocenters. The number of carboxylic acid groups (broad SMARTS) is 1. The highest BCUT2D eigenvalue weighted by Crippen LogP contribution is 2.22. The van der Waals surface area contributed by atoms with Gasteiger partial charge in [0.1, 0.15) is 5.75 Å². The first-order valence-corrected chi connectivity index (χ1v) is 13.7. The number of nitrogens with zero attached hydrogens (tertiary/aromatic N) is 2. The smallest absolute Gasteiger partial charge is 0.330 e. The van der Waals surface area contributed by atoms with Crippen LogP contribution in [0, 0.1) is 0 Å². The second-order valence-electron chi connectivity index (χ2n) is 9.48. The lowest BCUT2D eigenvalue weighted by atomic mass is 10.1. The Labute approximate surface area is 217 Å². The second kappa shape index (κ2) is 18.3. The number of unbranched alkanes of at least 4 members (excludes halogenated alkanes) is 10. The van der Waals surface area contributed by atoms with Crippen LogP contribution in [0.3, 0.4) is 0 Å². The van der Waals surface area contributed by atoms with Gasteiger partial charge in [-0.3, -0.25) is 0 Å². The van der Waals surface area contributed by atoms with Crippen LogP contribution in [0.15, 0.2) is 70.4 Å². The van der Waals surface area contributed by atoms with E-state index in [2.05, 4.69) is 29.3 Å². The van der Waals surface area contributed by atoms with E-state index in [1.165, 1.54) is 63.4 Å². The Kier molecular flexibility index (Phi) is 14.9. The summed E-state index contributed by atoms with van der Waals surface area (Å²) in [7, 11) is 0. The Morgan fingerprint density at radius 3 is 1.86 bits per heavy atom. The van der Waals surface area contributed by atoms with Gasteiger partial charge in [-0.2, -0.15) is 10.2 Å². The van der Waals surface area contributed by atoms with Crippen LogP contribution in [-0.2, 0) is 11.2 Å². The van der Waals surface area contributed by atoms with Gasteiger partial charge in [-0.1, -0.05) is 76.5 Å². The van der Waals surface area contributed by atoms with E-state index in [9.17, 15) is 4.79 Å². The van der Waals surface area contributed by atoms with Gasteiger partial charge in [0.2, 0.25) is 0 Å². The zero-order valence-corrected chi connectivity index (χ0v) is 22.3. The van der Waals surface area contributed by atoms with Crippen molar-refractivity contribution in [3.63, 3.8) is 0 Å². The molecule has 2 rings (SSSR count). The van der Waals surface area contributed by atoms with Crippen LogP contribution in [0.2, 0.25) is 0 Å². The third-order valence-electron chi connectivity index (χ3n) is 6.28. The molecular weight excluding hydrogens is 448 g/mol. The van der Waals surface area contributed by atoms with Crippen LogP contribution in [0.25, 0.3) is 0 Å². The third-order valence-corrected chi connectivity index (χ3v) is 6.28. The minimum atomic E-state index is -0.809. The third kappa shape index (κ3) is 13.2. The van der Waals surface area contributed by atoms with Gasteiger partial charge in [0, 0.05) is 5.57 Å². The molecule has 5 heteroatoms. The molecule has 0 aliphatic heterocycles. The summed E-state index contributed by atoms with van der Waals surface area (Å²) in [5.41, 5.74) is 3.50. The van der Waals surface area contributed by atoms with Crippen molar-refractivity contribution >= 4 is 17.3 Å². The molecule has 36 heavy (non-hydrogen) atoms. The summed E-state index contributed by atoms with van der Waals surface area (Å²) in [4.78, 5) is 10.7. The number of carbonyl (C=O) groups is 1. The monoisotopic (exact) mass is 492 g/mol. The van der Waals surface area contributed by atoms with Crippen LogP contribution < -0.4 is 4.74 Å². The number of aliphatic carboxylic acids is 1. The maximum atomic E-state index is 10.7. The Balaban J connectivity index is 1.49. The summed E-state index contributed by atoms with van der Waals surface area (Å²) in [6.45, 7) is 4.61. The topological polar surface area (TPSA) is 71.2 Å². The summed E-state index contributed by atoms with van der Waals surface area (Å²) in [6, 6.07) is 16.1. The molecular formula is C31H44N2O3. The van der Waals surface area contributed by atoms with Gasteiger partial charge in [-0.15, -0.1) is 0 Å². The molecule has 196 valence electrons. The molecule has 0 aliphatic rings. The molecule has 5 nitrogen and oxygen atoms in total. The molecule has 0 spiro atoms. The number of hydrogen-bond acceptors (Lipinski definition) is 4. The highest BCUT2D eigenvalue weighted by molar-refractivity contribution is 5.85. The summed E-state index contributed by atoms with van der Waals surface area (Å²) >= 11 is 0. The maximum Gasteiger partial charge on any atom is 0.330 e. The number of hydrogen-bond donors (Lipinski definition) is 1. The van der Waals surface area contributed by atoms with Crippen LogP contribution in [0.1, 0.15) is 96.5 Å². The number of rotatable bonds is 19. The van der Waals surface area contributed by atoms with Gasteiger partial charge in [-0.25, -0.2) is 4.79 Å². The average molecular weight is 493 g/mol. The summed E-state index contributed by atoms with van der Waals surface area (Å²) < 4.78 is 5.87. The van der Waals surface area contributed by atoms with Crippen molar-refractivity contribution in [2.75, 3.05) is 6.61 Å². The zero-order chi connectivity index (χ0) is 25.8. The molecule has 2 aromatic carbocycles. The quantitative estimate of drug-likeness (QED) is 0.120. The predicted molar refractivity (Wildman–Crippen MR) is 149 cm³/mol. The molecule has 0 fully saturated rings. The van der Waals surface area contributed by atoms with Gasteiger partial charge in [-0.05, 0) is 81.0 Å². The minimum absolute atomic E-state index is 0.456. The zero-order valence-electron chi connectivity index (χ0n) is 22.3. The fourth-order valence-corrected chi connectivity index (χ4v) is 3.91. The lowest BCUT2D eigenvalue weighted by Gasteiger charge is -2.06. The van der Waals surface area contributed by atoms with E-state index in [1.54, 1.807) is 6.92 Å². The summed E-state index contributed by atoms with van der Waals surface area (Å²) in [6.07, 6.45) is 17.1. The molecule has 0 saturated carbocycles.